The van der Waals surface area contributed by atoms with E-state index in [0.717, 1.165) is 17.7 Å². The molecule has 1 N–H and O–H groups in total. The van der Waals surface area contributed by atoms with E-state index in [1.807, 2.05) is 26.8 Å². The number of aryl methyl sites for hydroxylation is 1. The van der Waals surface area contributed by atoms with E-state index in [4.69, 9.17) is 4.74 Å². The molecule has 9 heteroatoms. The van der Waals surface area contributed by atoms with E-state index in [1.54, 1.807) is 18.2 Å². The lowest BCUT2D eigenvalue weighted by atomic mass is 9.95. The summed E-state index contributed by atoms with van der Waals surface area (Å²) in [4.78, 5) is 42.7. The predicted octanol–water partition coefficient (Wildman–Crippen LogP) is 3.52. The number of benzene rings is 2. The van der Waals surface area contributed by atoms with Crippen LogP contribution in [0.3, 0.4) is 0 Å². The van der Waals surface area contributed by atoms with Crippen LogP contribution in [0.25, 0.3) is 0 Å². The van der Waals surface area contributed by atoms with E-state index in [9.17, 15) is 23.2 Å². The molecule has 2 aromatic carbocycles. The molecule has 0 aromatic heterocycles. The van der Waals surface area contributed by atoms with Gasteiger partial charge in [-0.1, -0.05) is 31.5 Å². The number of nitrogens with one attached hydrogen (secondary N) is 1. The number of hydrogen-bond donors (Lipinski definition) is 1. The molecule has 1 atom stereocenters. The van der Waals surface area contributed by atoms with Crippen molar-refractivity contribution in [3.63, 3.8) is 0 Å². The highest BCUT2D eigenvalue weighted by molar-refractivity contribution is 5.99. The van der Waals surface area contributed by atoms with Crippen LogP contribution < -0.4 is 5.32 Å². The number of halogens is 2. The molecule has 3 amide bonds. The molecule has 2 fully saturated rings. The lowest BCUT2D eigenvalue weighted by molar-refractivity contribution is -0.128. The second-order valence-electron chi connectivity index (χ2n) is 9.87. The first-order chi connectivity index (χ1) is 17.1. The highest BCUT2D eigenvalue weighted by atomic mass is 19.1. The maximum Gasteiger partial charge on any atom is 0.256 e. The fraction of sp³-hybridized carbons (Fsp3) is 0.444. The van der Waals surface area contributed by atoms with Gasteiger partial charge < -0.3 is 15.0 Å². The first-order valence-electron chi connectivity index (χ1n) is 12.2. The van der Waals surface area contributed by atoms with Crippen LogP contribution in [0.1, 0.15) is 53.0 Å². The summed E-state index contributed by atoms with van der Waals surface area (Å²) in [6, 6.07) is 9.21. The maximum absolute atomic E-state index is 14.2. The number of amides is 3. The van der Waals surface area contributed by atoms with Crippen LogP contribution in [-0.4, -0.2) is 65.5 Å². The summed E-state index contributed by atoms with van der Waals surface area (Å²) in [5.74, 6) is -2.59. The number of piperidine rings is 1. The zero-order valence-electron chi connectivity index (χ0n) is 20.7. The lowest BCUT2D eigenvalue weighted by Gasteiger charge is -2.44. The average molecular weight is 500 g/mol. The summed E-state index contributed by atoms with van der Waals surface area (Å²) >= 11 is 0. The summed E-state index contributed by atoms with van der Waals surface area (Å²) in [7, 11) is 0. The Morgan fingerprint density at radius 2 is 1.81 bits per heavy atom. The van der Waals surface area contributed by atoms with Crippen molar-refractivity contribution in [1.29, 1.82) is 0 Å². The van der Waals surface area contributed by atoms with Crippen LogP contribution in [0.2, 0.25) is 0 Å². The molecule has 1 spiro atoms. The summed E-state index contributed by atoms with van der Waals surface area (Å²) < 4.78 is 33.6. The normalized spacial score (nSPS) is 19.1. The van der Waals surface area contributed by atoms with Crippen molar-refractivity contribution in [3.8, 4) is 0 Å². The Morgan fingerprint density at radius 3 is 2.44 bits per heavy atom. The van der Waals surface area contributed by atoms with Crippen LogP contribution in [-0.2, 0) is 9.53 Å². The van der Waals surface area contributed by atoms with Gasteiger partial charge in [-0.15, -0.1) is 0 Å². The highest BCUT2D eigenvalue weighted by Gasteiger charge is 2.54. The van der Waals surface area contributed by atoms with Gasteiger partial charge in [0, 0.05) is 44.1 Å². The van der Waals surface area contributed by atoms with E-state index in [1.165, 1.54) is 9.80 Å². The summed E-state index contributed by atoms with van der Waals surface area (Å²) in [6.45, 7) is 6.75. The minimum Gasteiger partial charge on any atom is -0.354 e. The molecule has 36 heavy (non-hydrogen) atoms. The molecular formula is C27H31F2N3O4. The van der Waals surface area contributed by atoms with Crippen molar-refractivity contribution in [2.45, 2.75) is 45.4 Å². The second-order valence-corrected chi connectivity index (χ2v) is 9.87. The van der Waals surface area contributed by atoms with Gasteiger partial charge in [0.05, 0.1) is 12.2 Å². The molecular weight excluding hydrogens is 468 g/mol. The van der Waals surface area contributed by atoms with Gasteiger partial charge in [-0.05, 0) is 37.1 Å². The summed E-state index contributed by atoms with van der Waals surface area (Å²) in [5.41, 5.74) is 0.0861. The number of carbonyl (C=O) groups excluding carboxylic acids is 3. The second kappa shape index (κ2) is 10.3. The van der Waals surface area contributed by atoms with Gasteiger partial charge >= 0.3 is 0 Å². The third-order valence-corrected chi connectivity index (χ3v) is 6.73. The van der Waals surface area contributed by atoms with Crippen LogP contribution in [0, 0.1) is 24.5 Å². The minimum absolute atomic E-state index is 0.0437. The van der Waals surface area contributed by atoms with Crippen molar-refractivity contribution < 1.29 is 27.9 Å². The maximum atomic E-state index is 14.2. The first kappa shape index (κ1) is 25.8. The molecule has 0 unspecified atom stereocenters. The third-order valence-electron chi connectivity index (χ3n) is 6.73. The smallest absolute Gasteiger partial charge is 0.256 e. The van der Waals surface area contributed by atoms with Crippen molar-refractivity contribution >= 4 is 17.7 Å². The van der Waals surface area contributed by atoms with Gasteiger partial charge in [0.1, 0.15) is 23.4 Å². The summed E-state index contributed by atoms with van der Waals surface area (Å²) in [6.07, 6.45) is 0.514. The molecule has 2 aliphatic heterocycles. The van der Waals surface area contributed by atoms with E-state index in [0.29, 0.717) is 18.2 Å². The number of likely N-dealkylation sites (tertiary alicyclic amines) is 1. The van der Waals surface area contributed by atoms with E-state index in [2.05, 4.69) is 5.32 Å². The topological polar surface area (TPSA) is 79.0 Å². The number of nitrogens with zero attached hydrogens (tertiary/aromatic N) is 2. The predicted molar refractivity (Wildman–Crippen MR) is 129 cm³/mol. The van der Waals surface area contributed by atoms with E-state index in [-0.39, 0.29) is 55.8 Å². The highest BCUT2D eigenvalue weighted by Crippen LogP contribution is 2.39. The van der Waals surface area contributed by atoms with Gasteiger partial charge in [0.2, 0.25) is 5.91 Å². The van der Waals surface area contributed by atoms with Gasteiger partial charge in [0.15, 0.2) is 0 Å². The Bertz CT molecular complexity index is 1160. The van der Waals surface area contributed by atoms with Crippen LogP contribution >= 0.6 is 0 Å². The molecule has 192 valence electrons. The number of hydrogen-bond acceptors (Lipinski definition) is 4. The molecule has 0 radical (unpaired) electrons. The fourth-order valence-electron chi connectivity index (χ4n) is 4.80. The van der Waals surface area contributed by atoms with Crippen molar-refractivity contribution in [3.05, 3.63) is 70.8 Å². The number of carbonyl (C=O) groups is 3. The molecule has 0 saturated carbocycles. The van der Waals surface area contributed by atoms with Gasteiger partial charge in [-0.2, -0.15) is 0 Å². The molecule has 2 aromatic rings. The number of rotatable bonds is 5. The Hall–Kier alpha value is -3.33. The fourth-order valence-corrected chi connectivity index (χ4v) is 4.80. The lowest BCUT2D eigenvalue weighted by Crippen LogP contribution is -2.60. The molecule has 2 heterocycles. The monoisotopic (exact) mass is 499 g/mol. The first-order valence-corrected chi connectivity index (χ1v) is 12.2. The Balaban J connectivity index is 1.57. The van der Waals surface area contributed by atoms with Crippen LogP contribution in [0.5, 0.6) is 0 Å². The Kier molecular flexibility index (Phi) is 7.40. The molecule has 0 aliphatic carbocycles. The zero-order valence-corrected chi connectivity index (χ0v) is 20.7. The van der Waals surface area contributed by atoms with Crippen LogP contribution in [0.4, 0.5) is 8.78 Å². The van der Waals surface area contributed by atoms with Crippen LogP contribution in [0.15, 0.2) is 42.5 Å². The standard InChI is InChI=1S/C27H31F2N3O4/c1-17(2)15-30-24(33)23-16-36-27(32(23)25(34)19-6-4-5-18(3)13-19)9-11-31(12-10-27)26(35)21-8-7-20(28)14-22(21)29/h4-8,13-14,17,23H,9-12,15-16H2,1-3H3,(H,30,33)/t23-/m1/s1. The SMILES string of the molecule is Cc1cccc(C(=O)N2[C@@H](C(=O)NCC(C)C)COC23CCN(C(=O)c2ccc(F)cc2F)CC3)c1. The zero-order chi connectivity index (χ0) is 26.0. The minimum atomic E-state index is -1.07. The molecule has 4 rings (SSSR count). The molecule has 7 nitrogen and oxygen atoms in total. The largest absolute Gasteiger partial charge is 0.354 e. The van der Waals surface area contributed by atoms with Gasteiger partial charge in [-0.25, -0.2) is 8.78 Å². The number of ether oxygens (including phenoxy) is 1. The van der Waals surface area contributed by atoms with Crippen molar-refractivity contribution in [2.75, 3.05) is 26.2 Å². The summed E-state index contributed by atoms with van der Waals surface area (Å²) in [5, 5.41) is 2.90. The van der Waals surface area contributed by atoms with E-state index >= 15 is 0 Å². The van der Waals surface area contributed by atoms with E-state index < -0.39 is 29.3 Å². The van der Waals surface area contributed by atoms with Gasteiger partial charge in [-0.3, -0.25) is 19.3 Å². The average Bonchev–Trinajstić information content (AvgIpc) is 3.20. The third kappa shape index (κ3) is 5.11. The Labute approximate surface area is 209 Å². The molecule has 2 saturated heterocycles. The Morgan fingerprint density at radius 1 is 1.08 bits per heavy atom. The molecule has 0 bridgehead atoms. The van der Waals surface area contributed by atoms with Gasteiger partial charge in [0.25, 0.3) is 11.8 Å². The molecule has 2 aliphatic rings. The quantitative estimate of drug-likeness (QED) is 0.683. The van der Waals surface area contributed by atoms with Crippen molar-refractivity contribution in [1.82, 2.24) is 15.1 Å². The van der Waals surface area contributed by atoms with Crippen molar-refractivity contribution in [2.24, 2.45) is 5.92 Å².